The number of aromatic nitrogens is 5. The summed E-state index contributed by atoms with van der Waals surface area (Å²) in [6.45, 7) is 5.70. The van der Waals surface area contributed by atoms with Crippen molar-refractivity contribution in [2.45, 2.75) is 37.7 Å². The lowest BCUT2D eigenvalue weighted by molar-refractivity contribution is 0.189. The molecule has 132 valence electrons. The molecule has 0 unspecified atom stereocenters. The van der Waals surface area contributed by atoms with E-state index in [-0.39, 0.29) is 0 Å². The summed E-state index contributed by atoms with van der Waals surface area (Å²) < 4.78 is 9.15. The highest BCUT2D eigenvalue weighted by atomic mass is 32.2. The number of hydrogen-bond donors (Lipinski definition) is 0. The van der Waals surface area contributed by atoms with Gasteiger partial charge in [-0.15, -0.1) is 10.2 Å². The van der Waals surface area contributed by atoms with E-state index in [4.69, 9.17) is 4.74 Å². The summed E-state index contributed by atoms with van der Waals surface area (Å²) in [5, 5.41) is 13.7. The molecular weight excluding hydrogens is 334 g/mol. The van der Waals surface area contributed by atoms with Gasteiger partial charge in [0.05, 0.1) is 11.4 Å². The predicted octanol–water partition coefficient (Wildman–Crippen LogP) is 3.41. The molecule has 25 heavy (non-hydrogen) atoms. The lowest BCUT2D eigenvalue weighted by atomic mass is 10.2. The molecule has 0 saturated carbocycles. The molecular formula is C18H23N5OS. The second-order valence-electron chi connectivity index (χ2n) is 5.95. The zero-order valence-electron chi connectivity index (χ0n) is 14.8. The summed E-state index contributed by atoms with van der Waals surface area (Å²) in [6.07, 6.45) is 2.74. The average Bonchev–Trinajstić information content (AvgIpc) is 3.19. The van der Waals surface area contributed by atoms with E-state index in [0.29, 0.717) is 0 Å². The van der Waals surface area contributed by atoms with Crippen molar-refractivity contribution in [3.05, 3.63) is 53.6 Å². The molecule has 2 aromatic heterocycles. The smallest absolute Gasteiger partial charge is 0.191 e. The first-order valence-electron chi connectivity index (χ1n) is 8.29. The van der Waals surface area contributed by atoms with Crippen molar-refractivity contribution in [1.29, 1.82) is 0 Å². The molecule has 1 aromatic carbocycles. The van der Waals surface area contributed by atoms with Gasteiger partial charge in [-0.25, -0.2) is 4.68 Å². The van der Waals surface area contributed by atoms with Crippen LogP contribution in [0.25, 0.3) is 5.69 Å². The Morgan fingerprint density at radius 2 is 1.96 bits per heavy atom. The number of ether oxygens (including phenoxy) is 1. The Morgan fingerprint density at radius 1 is 1.16 bits per heavy atom. The Balaban J connectivity index is 1.61. The van der Waals surface area contributed by atoms with Gasteiger partial charge in [-0.3, -0.25) is 0 Å². The molecule has 0 bridgehead atoms. The number of benzene rings is 1. The first-order chi connectivity index (χ1) is 12.2. The van der Waals surface area contributed by atoms with Crippen molar-refractivity contribution in [2.24, 2.45) is 0 Å². The van der Waals surface area contributed by atoms with E-state index in [1.54, 1.807) is 25.2 Å². The molecule has 0 atom stereocenters. The van der Waals surface area contributed by atoms with E-state index < -0.39 is 0 Å². The first-order valence-corrected chi connectivity index (χ1v) is 9.28. The maximum Gasteiger partial charge on any atom is 0.191 e. The normalized spacial score (nSPS) is 11.2. The van der Waals surface area contributed by atoms with Crippen molar-refractivity contribution in [1.82, 2.24) is 24.5 Å². The van der Waals surface area contributed by atoms with Crippen LogP contribution in [0, 0.1) is 13.8 Å². The minimum absolute atomic E-state index is 0.746. The highest BCUT2D eigenvalue weighted by Gasteiger charge is 2.07. The van der Waals surface area contributed by atoms with Gasteiger partial charge in [0.1, 0.15) is 6.33 Å². The van der Waals surface area contributed by atoms with Crippen LogP contribution < -0.4 is 0 Å². The van der Waals surface area contributed by atoms with Crippen molar-refractivity contribution in [2.75, 3.05) is 13.7 Å². The van der Waals surface area contributed by atoms with Crippen LogP contribution in [0.3, 0.4) is 0 Å². The molecule has 0 fully saturated rings. The summed E-state index contributed by atoms with van der Waals surface area (Å²) in [6, 6.07) is 10.6. The van der Waals surface area contributed by atoms with Gasteiger partial charge in [0.15, 0.2) is 5.16 Å². The van der Waals surface area contributed by atoms with Crippen molar-refractivity contribution in [3.8, 4) is 5.69 Å². The van der Waals surface area contributed by atoms with Gasteiger partial charge in [0, 0.05) is 31.7 Å². The third kappa shape index (κ3) is 4.49. The summed E-state index contributed by atoms with van der Waals surface area (Å²) in [4.78, 5) is 0. The molecule has 0 N–H and O–H groups in total. The van der Waals surface area contributed by atoms with Crippen LogP contribution in [0.1, 0.15) is 23.4 Å². The Kier molecular flexibility index (Phi) is 5.88. The zero-order chi connectivity index (χ0) is 17.6. The van der Waals surface area contributed by atoms with Crippen LogP contribution in [0.2, 0.25) is 0 Å². The van der Waals surface area contributed by atoms with Gasteiger partial charge >= 0.3 is 0 Å². The van der Waals surface area contributed by atoms with Gasteiger partial charge in [0.25, 0.3) is 0 Å². The topological polar surface area (TPSA) is 57.8 Å². The van der Waals surface area contributed by atoms with E-state index in [0.717, 1.165) is 47.6 Å². The Morgan fingerprint density at radius 3 is 2.64 bits per heavy atom. The lowest BCUT2D eigenvalue weighted by Crippen LogP contribution is -2.02. The molecule has 0 amide bonds. The highest BCUT2D eigenvalue weighted by Crippen LogP contribution is 2.22. The summed E-state index contributed by atoms with van der Waals surface area (Å²) in [5.41, 5.74) is 4.51. The number of aryl methyl sites for hydroxylation is 3. The fourth-order valence-electron chi connectivity index (χ4n) is 2.66. The maximum absolute atomic E-state index is 5.10. The van der Waals surface area contributed by atoms with Gasteiger partial charge in [-0.05, 0) is 44.0 Å². The zero-order valence-corrected chi connectivity index (χ0v) is 15.7. The van der Waals surface area contributed by atoms with Crippen molar-refractivity contribution >= 4 is 11.8 Å². The average molecular weight is 357 g/mol. The fourth-order valence-corrected chi connectivity index (χ4v) is 3.56. The minimum atomic E-state index is 0.746. The maximum atomic E-state index is 5.10. The van der Waals surface area contributed by atoms with Crippen molar-refractivity contribution in [3.63, 3.8) is 0 Å². The number of nitrogens with zero attached hydrogens (tertiary/aromatic N) is 5. The summed E-state index contributed by atoms with van der Waals surface area (Å²) in [5.74, 6) is 0.861. The van der Waals surface area contributed by atoms with E-state index in [9.17, 15) is 0 Å². The molecule has 0 radical (unpaired) electrons. The van der Waals surface area contributed by atoms with E-state index in [1.165, 1.54) is 5.56 Å². The molecule has 3 rings (SSSR count). The Hall–Kier alpha value is -2.12. The molecule has 0 aliphatic rings. The monoisotopic (exact) mass is 357 g/mol. The molecule has 7 heteroatoms. The van der Waals surface area contributed by atoms with E-state index >= 15 is 0 Å². The van der Waals surface area contributed by atoms with Gasteiger partial charge in [-0.2, -0.15) is 5.10 Å². The number of rotatable bonds is 8. The molecule has 2 heterocycles. The van der Waals surface area contributed by atoms with E-state index in [1.807, 2.05) is 11.6 Å². The van der Waals surface area contributed by atoms with Crippen LogP contribution in [0.5, 0.6) is 0 Å². The number of hydrogen-bond acceptors (Lipinski definition) is 5. The second-order valence-corrected chi connectivity index (χ2v) is 6.89. The van der Waals surface area contributed by atoms with Crippen LogP contribution in [0.15, 0.2) is 41.8 Å². The van der Waals surface area contributed by atoms with Crippen LogP contribution in [0.4, 0.5) is 0 Å². The summed E-state index contributed by atoms with van der Waals surface area (Å²) in [7, 11) is 1.72. The quantitative estimate of drug-likeness (QED) is 0.457. The fraction of sp³-hybridized carbons (Fsp3) is 0.389. The van der Waals surface area contributed by atoms with Crippen LogP contribution >= 0.6 is 11.8 Å². The third-order valence-electron chi connectivity index (χ3n) is 3.89. The third-order valence-corrected chi connectivity index (χ3v) is 4.94. The van der Waals surface area contributed by atoms with Gasteiger partial charge in [-0.1, -0.05) is 23.9 Å². The number of thioether (sulfide) groups is 1. The molecule has 3 aromatic rings. The predicted molar refractivity (Wildman–Crippen MR) is 99.1 cm³/mol. The lowest BCUT2D eigenvalue weighted by Gasteiger charge is -2.07. The Bertz CT molecular complexity index is 809. The van der Waals surface area contributed by atoms with Crippen LogP contribution in [-0.4, -0.2) is 38.3 Å². The van der Waals surface area contributed by atoms with Gasteiger partial charge < -0.3 is 9.30 Å². The highest BCUT2D eigenvalue weighted by molar-refractivity contribution is 7.98. The first kappa shape index (κ1) is 17.7. The minimum Gasteiger partial charge on any atom is -0.385 e. The standard InChI is InChI=1S/C18H23N5OS/c1-14-11-15(2)23(21-14)17-7-5-16(6-8-17)12-25-18-20-19-13-22(18)9-4-10-24-3/h5-8,11,13H,4,9-10,12H2,1-3H3. The summed E-state index contributed by atoms with van der Waals surface area (Å²) >= 11 is 1.70. The second kappa shape index (κ2) is 8.31. The molecule has 0 aliphatic heterocycles. The molecule has 0 saturated heterocycles. The number of methoxy groups -OCH3 is 1. The molecule has 0 spiro atoms. The van der Waals surface area contributed by atoms with E-state index in [2.05, 4.69) is 57.1 Å². The largest absolute Gasteiger partial charge is 0.385 e. The molecule has 0 aliphatic carbocycles. The van der Waals surface area contributed by atoms with Crippen LogP contribution in [-0.2, 0) is 17.0 Å². The Labute approximate surface area is 152 Å². The van der Waals surface area contributed by atoms with Crippen molar-refractivity contribution < 1.29 is 4.74 Å². The molecule has 6 nitrogen and oxygen atoms in total. The van der Waals surface area contributed by atoms with Gasteiger partial charge in [0.2, 0.25) is 0 Å². The SMILES string of the molecule is COCCCn1cnnc1SCc1ccc(-n2nc(C)cc2C)cc1.